The second kappa shape index (κ2) is 4.68. The molecule has 1 N–H and O–H groups in total. The molecule has 19 heavy (non-hydrogen) atoms. The summed E-state index contributed by atoms with van der Waals surface area (Å²) in [4.78, 5) is 25.4. The van der Waals surface area contributed by atoms with Crippen molar-refractivity contribution in [3.63, 3.8) is 0 Å². The maximum atomic E-state index is 11.9. The molecule has 1 aliphatic rings. The smallest absolute Gasteiger partial charge is 0.306 e. The summed E-state index contributed by atoms with van der Waals surface area (Å²) in [7, 11) is 0. The van der Waals surface area contributed by atoms with Crippen molar-refractivity contribution in [1.29, 1.82) is 0 Å². The first-order valence-electron chi connectivity index (χ1n) is 6.57. The van der Waals surface area contributed by atoms with Crippen molar-refractivity contribution in [1.82, 2.24) is 10.2 Å². The molecule has 0 saturated carbocycles. The van der Waals surface area contributed by atoms with Gasteiger partial charge in [-0.05, 0) is 43.9 Å². The molecule has 1 aliphatic heterocycles. The highest BCUT2D eigenvalue weighted by Crippen LogP contribution is 2.27. The highest BCUT2D eigenvalue weighted by atomic mass is 16.2. The number of hydrogen-bond donors (Lipinski definition) is 1. The van der Waals surface area contributed by atoms with Crippen molar-refractivity contribution in [3.05, 3.63) is 34.9 Å². The van der Waals surface area contributed by atoms with Crippen LogP contribution in [0.25, 0.3) is 0 Å². The monoisotopic (exact) mass is 260 g/mol. The van der Waals surface area contributed by atoms with Crippen LogP contribution in [0.15, 0.2) is 18.2 Å². The van der Waals surface area contributed by atoms with Crippen LogP contribution in [-0.2, 0) is 11.3 Å². The number of hydrogen-bond acceptors (Lipinski definition) is 2. The fourth-order valence-corrected chi connectivity index (χ4v) is 2.33. The minimum Gasteiger partial charge on any atom is -0.306 e. The molecule has 1 atom stereocenters. The van der Waals surface area contributed by atoms with Gasteiger partial charge in [-0.2, -0.15) is 0 Å². The number of urea groups is 1. The normalized spacial score (nSPS) is 22.8. The van der Waals surface area contributed by atoms with E-state index in [2.05, 4.69) is 18.3 Å². The molecule has 1 aromatic rings. The van der Waals surface area contributed by atoms with Crippen LogP contribution in [0.4, 0.5) is 4.79 Å². The third-order valence-corrected chi connectivity index (χ3v) is 4.15. The number of carbonyl (C=O) groups is 2. The fraction of sp³-hybridized carbons (Fsp3) is 0.467. The predicted octanol–water partition coefficient (Wildman–Crippen LogP) is 2.52. The maximum absolute atomic E-state index is 11.9. The first-order valence-corrected chi connectivity index (χ1v) is 6.57. The van der Waals surface area contributed by atoms with E-state index in [-0.39, 0.29) is 11.9 Å². The molecule has 1 heterocycles. The minimum atomic E-state index is -0.740. The molecule has 0 radical (unpaired) electrons. The topological polar surface area (TPSA) is 49.4 Å². The second-order valence-corrected chi connectivity index (χ2v) is 5.39. The third kappa shape index (κ3) is 2.23. The third-order valence-electron chi connectivity index (χ3n) is 4.15. The molecule has 4 nitrogen and oxygen atoms in total. The summed E-state index contributed by atoms with van der Waals surface area (Å²) in [6.07, 6.45) is 0.607. The Morgan fingerprint density at radius 1 is 1.21 bits per heavy atom. The van der Waals surface area contributed by atoms with Gasteiger partial charge >= 0.3 is 6.03 Å². The molecule has 0 aromatic heterocycles. The summed E-state index contributed by atoms with van der Waals surface area (Å²) in [5, 5.41) is 2.40. The number of imide groups is 1. The van der Waals surface area contributed by atoms with E-state index in [1.54, 1.807) is 4.90 Å². The van der Waals surface area contributed by atoms with Crippen LogP contribution in [0, 0.1) is 13.8 Å². The van der Waals surface area contributed by atoms with Gasteiger partial charge in [-0.25, -0.2) is 4.79 Å². The molecular weight excluding hydrogens is 240 g/mol. The van der Waals surface area contributed by atoms with Gasteiger partial charge in [-0.1, -0.05) is 25.1 Å². The van der Waals surface area contributed by atoms with Crippen molar-refractivity contribution in [3.8, 4) is 0 Å². The van der Waals surface area contributed by atoms with Gasteiger partial charge in [0.15, 0.2) is 0 Å². The Balaban J connectivity index is 2.28. The summed E-state index contributed by atoms with van der Waals surface area (Å²) < 4.78 is 0. The largest absolute Gasteiger partial charge is 0.325 e. The molecular formula is C15H20N2O2. The number of benzene rings is 1. The fourth-order valence-electron chi connectivity index (χ4n) is 2.33. The Hall–Kier alpha value is -1.84. The molecule has 102 valence electrons. The Morgan fingerprint density at radius 2 is 1.89 bits per heavy atom. The lowest BCUT2D eigenvalue weighted by Gasteiger charge is -2.30. The molecule has 0 aliphatic carbocycles. The van der Waals surface area contributed by atoms with Gasteiger partial charge in [0.25, 0.3) is 5.91 Å². The Bertz CT molecular complexity index is 539. The Labute approximate surface area is 113 Å². The molecule has 4 heteroatoms. The van der Waals surface area contributed by atoms with E-state index in [0.29, 0.717) is 13.0 Å². The van der Waals surface area contributed by atoms with Crippen molar-refractivity contribution in [2.45, 2.75) is 46.2 Å². The second-order valence-electron chi connectivity index (χ2n) is 5.39. The lowest BCUT2D eigenvalue weighted by molar-refractivity contribution is -0.126. The highest BCUT2D eigenvalue weighted by molar-refractivity contribution is 6.06. The van der Waals surface area contributed by atoms with Gasteiger partial charge < -0.3 is 4.90 Å². The van der Waals surface area contributed by atoms with Crippen LogP contribution in [0.2, 0.25) is 0 Å². The van der Waals surface area contributed by atoms with E-state index >= 15 is 0 Å². The van der Waals surface area contributed by atoms with Gasteiger partial charge in [0.05, 0.1) is 0 Å². The van der Waals surface area contributed by atoms with E-state index in [4.69, 9.17) is 0 Å². The van der Waals surface area contributed by atoms with E-state index in [1.807, 2.05) is 32.9 Å². The van der Waals surface area contributed by atoms with Gasteiger partial charge in [0.2, 0.25) is 0 Å². The lowest BCUT2D eigenvalue weighted by Crippen LogP contribution is -2.45. The first-order chi connectivity index (χ1) is 8.88. The Kier molecular flexibility index (Phi) is 3.35. The summed E-state index contributed by atoms with van der Waals surface area (Å²) in [5.74, 6) is -0.205. The zero-order valence-electron chi connectivity index (χ0n) is 11.9. The number of rotatable bonds is 3. The van der Waals surface area contributed by atoms with Crippen molar-refractivity contribution >= 4 is 11.9 Å². The molecule has 2 rings (SSSR count). The summed E-state index contributed by atoms with van der Waals surface area (Å²) in [5.41, 5.74) is 2.73. The van der Waals surface area contributed by atoms with Crippen molar-refractivity contribution in [2.24, 2.45) is 0 Å². The van der Waals surface area contributed by atoms with Gasteiger partial charge in [0.1, 0.15) is 5.54 Å². The average molecular weight is 260 g/mol. The summed E-state index contributed by atoms with van der Waals surface area (Å²) in [6.45, 7) is 8.30. The molecule has 0 bridgehead atoms. The molecule has 1 unspecified atom stereocenters. The van der Waals surface area contributed by atoms with Crippen LogP contribution >= 0.6 is 0 Å². The van der Waals surface area contributed by atoms with Crippen LogP contribution in [0.3, 0.4) is 0 Å². The minimum absolute atomic E-state index is 0.205. The zero-order chi connectivity index (χ0) is 14.2. The maximum Gasteiger partial charge on any atom is 0.325 e. The number of nitrogens with one attached hydrogen (secondary N) is 1. The SMILES string of the molecule is CCC1(C)C(=O)NC(=O)N1Cc1ccc(C)c(C)c1. The van der Waals surface area contributed by atoms with Gasteiger partial charge in [-0.3, -0.25) is 10.1 Å². The molecule has 1 aromatic carbocycles. The zero-order valence-corrected chi connectivity index (χ0v) is 11.9. The van der Waals surface area contributed by atoms with Gasteiger partial charge in [-0.15, -0.1) is 0 Å². The standard InChI is InChI=1S/C15H20N2O2/c1-5-15(4)13(18)16-14(19)17(15)9-12-7-6-10(2)11(3)8-12/h6-8H,5,9H2,1-4H3,(H,16,18,19). The Morgan fingerprint density at radius 3 is 2.47 bits per heavy atom. The van der Waals surface area contributed by atoms with Crippen LogP contribution in [0.1, 0.15) is 37.0 Å². The summed E-state index contributed by atoms with van der Waals surface area (Å²) >= 11 is 0. The predicted molar refractivity (Wildman–Crippen MR) is 73.7 cm³/mol. The van der Waals surface area contributed by atoms with E-state index < -0.39 is 5.54 Å². The van der Waals surface area contributed by atoms with Crippen molar-refractivity contribution < 1.29 is 9.59 Å². The van der Waals surface area contributed by atoms with E-state index in [0.717, 1.165) is 5.56 Å². The first kappa shape index (κ1) is 13.6. The van der Waals surface area contributed by atoms with Crippen LogP contribution in [-0.4, -0.2) is 22.4 Å². The van der Waals surface area contributed by atoms with E-state index in [1.165, 1.54) is 11.1 Å². The quantitative estimate of drug-likeness (QED) is 0.849. The number of carbonyl (C=O) groups excluding carboxylic acids is 2. The van der Waals surface area contributed by atoms with Crippen LogP contribution < -0.4 is 5.32 Å². The number of nitrogens with zero attached hydrogens (tertiary/aromatic N) is 1. The molecule has 0 spiro atoms. The average Bonchev–Trinajstić information content (AvgIpc) is 2.58. The van der Waals surface area contributed by atoms with E-state index in [9.17, 15) is 9.59 Å². The number of amides is 3. The lowest BCUT2D eigenvalue weighted by atomic mass is 9.96. The molecule has 1 saturated heterocycles. The van der Waals surface area contributed by atoms with Crippen molar-refractivity contribution in [2.75, 3.05) is 0 Å². The molecule has 3 amide bonds. The highest BCUT2D eigenvalue weighted by Gasteiger charge is 2.47. The van der Waals surface area contributed by atoms with Crippen LogP contribution in [0.5, 0.6) is 0 Å². The molecule has 1 fully saturated rings. The summed E-state index contributed by atoms with van der Waals surface area (Å²) in [6, 6.07) is 5.83. The van der Waals surface area contributed by atoms with Gasteiger partial charge in [0, 0.05) is 6.54 Å². The number of aryl methyl sites for hydroxylation is 2.